The molecular weight excluding hydrogens is 251 g/mol. The fourth-order valence-electron chi connectivity index (χ4n) is 1.30. The number of nitrogens with two attached hydrogens (primary N) is 1. The third-order valence-corrected chi connectivity index (χ3v) is 2.22. The average molecular weight is 263 g/mol. The lowest BCUT2D eigenvalue weighted by Gasteiger charge is -2.10. The molecule has 0 saturated heterocycles. The number of benzene rings is 1. The lowest BCUT2D eigenvalue weighted by molar-refractivity contribution is -0.274. The smallest absolute Gasteiger partial charge is 0.480 e. The molecule has 0 amide bonds. The molecular formula is C11H12F3NO3. The third kappa shape index (κ3) is 5.05. The molecule has 4 nitrogen and oxygen atoms in total. The van der Waals surface area contributed by atoms with Crippen LogP contribution < -0.4 is 10.5 Å². The SMILES string of the molecule is N[C@H](CCc1ccc(OC(F)(F)F)cc1)C(=O)O. The van der Waals surface area contributed by atoms with Gasteiger partial charge in [-0.25, -0.2) is 0 Å². The fraction of sp³-hybridized carbons (Fsp3) is 0.364. The van der Waals surface area contributed by atoms with Gasteiger partial charge >= 0.3 is 12.3 Å². The summed E-state index contributed by atoms with van der Waals surface area (Å²) in [6, 6.07) is 4.26. The Morgan fingerprint density at radius 3 is 2.33 bits per heavy atom. The van der Waals surface area contributed by atoms with Gasteiger partial charge in [-0.3, -0.25) is 4.79 Å². The number of halogens is 3. The molecule has 100 valence electrons. The number of carboxylic acid groups (broad SMARTS) is 1. The Morgan fingerprint density at radius 2 is 1.89 bits per heavy atom. The quantitative estimate of drug-likeness (QED) is 0.851. The van der Waals surface area contributed by atoms with Crippen LogP contribution in [0.15, 0.2) is 24.3 Å². The van der Waals surface area contributed by atoms with Crippen molar-refractivity contribution in [2.45, 2.75) is 25.2 Å². The molecule has 18 heavy (non-hydrogen) atoms. The van der Waals surface area contributed by atoms with Crippen LogP contribution in [0.4, 0.5) is 13.2 Å². The van der Waals surface area contributed by atoms with Gasteiger partial charge in [0.1, 0.15) is 11.8 Å². The Hall–Kier alpha value is -1.76. The number of alkyl halides is 3. The van der Waals surface area contributed by atoms with Crippen molar-refractivity contribution in [3.05, 3.63) is 29.8 Å². The summed E-state index contributed by atoms with van der Waals surface area (Å²) >= 11 is 0. The second kappa shape index (κ2) is 5.72. The third-order valence-electron chi connectivity index (χ3n) is 2.22. The first-order valence-corrected chi connectivity index (χ1v) is 5.11. The first-order chi connectivity index (χ1) is 8.28. The van der Waals surface area contributed by atoms with Gasteiger partial charge < -0.3 is 15.6 Å². The van der Waals surface area contributed by atoms with Crippen molar-refractivity contribution >= 4 is 5.97 Å². The van der Waals surface area contributed by atoms with E-state index in [4.69, 9.17) is 10.8 Å². The van der Waals surface area contributed by atoms with Gasteiger partial charge in [-0.15, -0.1) is 13.2 Å². The van der Waals surface area contributed by atoms with Crippen LogP contribution in [0.5, 0.6) is 5.75 Å². The van der Waals surface area contributed by atoms with Crippen LogP contribution >= 0.6 is 0 Å². The van der Waals surface area contributed by atoms with Gasteiger partial charge in [-0.05, 0) is 30.5 Å². The van der Waals surface area contributed by atoms with Crippen molar-refractivity contribution in [1.29, 1.82) is 0 Å². The van der Waals surface area contributed by atoms with Crippen molar-refractivity contribution in [3.63, 3.8) is 0 Å². The van der Waals surface area contributed by atoms with Crippen LogP contribution in [-0.2, 0) is 11.2 Å². The minimum Gasteiger partial charge on any atom is -0.480 e. The van der Waals surface area contributed by atoms with E-state index in [9.17, 15) is 18.0 Å². The Balaban J connectivity index is 2.53. The van der Waals surface area contributed by atoms with Crippen molar-refractivity contribution in [2.75, 3.05) is 0 Å². The molecule has 1 atom stereocenters. The Morgan fingerprint density at radius 1 is 1.33 bits per heavy atom. The molecule has 0 bridgehead atoms. The maximum absolute atomic E-state index is 11.9. The number of hydrogen-bond acceptors (Lipinski definition) is 3. The van der Waals surface area contributed by atoms with Crippen molar-refractivity contribution in [2.24, 2.45) is 5.73 Å². The molecule has 0 spiro atoms. The van der Waals surface area contributed by atoms with E-state index in [1.807, 2.05) is 0 Å². The summed E-state index contributed by atoms with van der Waals surface area (Å²) in [6.45, 7) is 0. The molecule has 0 aromatic heterocycles. The van der Waals surface area contributed by atoms with E-state index in [2.05, 4.69) is 4.74 Å². The van der Waals surface area contributed by atoms with E-state index < -0.39 is 18.4 Å². The zero-order valence-corrected chi connectivity index (χ0v) is 9.28. The highest BCUT2D eigenvalue weighted by Gasteiger charge is 2.30. The fourth-order valence-corrected chi connectivity index (χ4v) is 1.30. The van der Waals surface area contributed by atoms with Gasteiger partial charge in [0.2, 0.25) is 0 Å². The molecule has 1 aromatic carbocycles. The van der Waals surface area contributed by atoms with E-state index in [0.717, 1.165) is 0 Å². The summed E-state index contributed by atoms with van der Waals surface area (Å²) in [5.74, 6) is -1.42. The van der Waals surface area contributed by atoms with Crippen molar-refractivity contribution in [3.8, 4) is 5.75 Å². The normalized spacial score (nSPS) is 13.1. The van der Waals surface area contributed by atoms with Gasteiger partial charge in [-0.1, -0.05) is 12.1 Å². The topological polar surface area (TPSA) is 72.5 Å². The van der Waals surface area contributed by atoms with E-state index >= 15 is 0 Å². The monoisotopic (exact) mass is 263 g/mol. The van der Waals surface area contributed by atoms with E-state index in [-0.39, 0.29) is 12.2 Å². The summed E-state index contributed by atoms with van der Waals surface area (Å²) < 4.78 is 39.3. The summed E-state index contributed by atoms with van der Waals surface area (Å²) in [6.07, 6.45) is -4.12. The van der Waals surface area contributed by atoms with Gasteiger partial charge in [-0.2, -0.15) is 0 Å². The minimum atomic E-state index is -4.72. The highest BCUT2D eigenvalue weighted by Crippen LogP contribution is 2.23. The van der Waals surface area contributed by atoms with Crippen LogP contribution in [0.1, 0.15) is 12.0 Å². The Labute approximate surface area is 101 Å². The first kappa shape index (κ1) is 14.3. The van der Waals surface area contributed by atoms with E-state index in [1.165, 1.54) is 24.3 Å². The highest BCUT2D eigenvalue weighted by molar-refractivity contribution is 5.73. The Kier molecular flexibility index (Phi) is 4.55. The zero-order chi connectivity index (χ0) is 13.8. The van der Waals surface area contributed by atoms with E-state index in [0.29, 0.717) is 12.0 Å². The first-order valence-electron chi connectivity index (χ1n) is 5.11. The van der Waals surface area contributed by atoms with Crippen LogP contribution in [0, 0.1) is 0 Å². The number of hydrogen-bond donors (Lipinski definition) is 2. The minimum absolute atomic E-state index is 0.217. The van der Waals surface area contributed by atoms with Gasteiger partial charge in [0.25, 0.3) is 0 Å². The summed E-state index contributed by atoms with van der Waals surface area (Å²) in [5, 5.41) is 8.56. The maximum Gasteiger partial charge on any atom is 0.573 e. The molecule has 0 unspecified atom stereocenters. The van der Waals surface area contributed by atoms with Crippen LogP contribution in [-0.4, -0.2) is 23.5 Å². The van der Waals surface area contributed by atoms with Gasteiger partial charge in [0, 0.05) is 0 Å². The predicted molar refractivity (Wildman–Crippen MR) is 57.1 cm³/mol. The number of ether oxygens (including phenoxy) is 1. The van der Waals surface area contributed by atoms with Gasteiger partial charge in [0.15, 0.2) is 0 Å². The molecule has 1 rings (SSSR count). The second-order valence-corrected chi connectivity index (χ2v) is 3.68. The number of aryl methyl sites for hydroxylation is 1. The molecule has 0 aliphatic heterocycles. The molecule has 0 saturated carbocycles. The van der Waals surface area contributed by atoms with Crippen LogP contribution in [0.25, 0.3) is 0 Å². The van der Waals surface area contributed by atoms with Crippen LogP contribution in [0.2, 0.25) is 0 Å². The molecule has 1 aromatic rings. The lowest BCUT2D eigenvalue weighted by Crippen LogP contribution is -2.30. The Bertz CT molecular complexity index is 403. The number of rotatable bonds is 5. The second-order valence-electron chi connectivity index (χ2n) is 3.68. The standard InChI is InChI=1S/C11H12F3NO3/c12-11(13,14)18-8-4-1-7(2-5-8)3-6-9(15)10(16)17/h1-2,4-5,9H,3,6,15H2,(H,16,17)/t9-/m1/s1. The maximum atomic E-state index is 11.9. The van der Waals surface area contributed by atoms with Crippen molar-refractivity contribution < 1.29 is 27.8 Å². The molecule has 3 N–H and O–H groups in total. The number of carboxylic acids is 1. The largest absolute Gasteiger partial charge is 0.573 e. The van der Waals surface area contributed by atoms with Gasteiger partial charge in [0.05, 0.1) is 0 Å². The summed E-state index contributed by atoms with van der Waals surface area (Å²) in [4.78, 5) is 10.5. The molecule has 0 aliphatic rings. The number of aliphatic carboxylic acids is 1. The molecule has 0 fully saturated rings. The molecule has 7 heteroatoms. The van der Waals surface area contributed by atoms with E-state index in [1.54, 1.807) is 0 Å². The summed E-state index contributed by atoms with van der Waals surface area (Å²) in [7, 11) is 0. The lowest BCUT2D eigenvalue weighted by atomic mass is 10.1. The number of carbonyl (C=O) groups is 1. The van der Waals surface area contributed by atoms with Crippen molar-refractivity contribution in [1.82, 2.24) is 0 Å². The molecule has 0 aliphatic carbocycles. The summed E-state index contributed by atoms with van der Waals surface area (Å²) in [5.41, 5.74) is 6.00. The average Bonchev–Trinajstić information content (AvgIpc) is 2.25. The predicted octanol–water partition coefficient (Wildman–Crippen LogP) is 1.93. The zero-order valence-electron chi connectivity index (χ0n) is 9.28. The van der Waals surface area contributed by atoms with Crippen LogP contribution in [0.3, 0.4) is 0 Å². The highest BCUT2D eigenvalue weighted by atomic mass is 19.4. The molecule has 0 radical (unpaired) electrons. The molecule has 0 heterocycles.